The number of methoxy groups -OCH3 is 2. The minimum atomic E-state index is -0.653. The summed E-state index contributed by atoms with van der Waals surface area (Å²) in [6.07, 6.45) is 3.56. The topological polar surface area (TPSA) is 95.2 Å². The number of nitrogens with zero attached hydrogens (tertiary/aromatic N) is 3. The lowest BCUT2D eigenvalue weighted by molar-refractivity contribution is 0.0521. The van der Waals surface area contributed by atoms with Crippen molar-refractivity contribution in [2.45, 2.75) is 13.3 Å². The Kier molecular flexibility index (Phi) is 5.93. The number of carbonyl (C=O) groups excluding carboxylic acids is 1. The van der Waals surface area contributed by atoms with Gasteiger partial charge in [-0.1, -0.05) is 24.3 Å². The van der Waals surface area contributed by atoms with Gasteiger partial charge in [-0.25, -0.2) is 9.78 Å². The lowest BCUT2D eigenvalue weighted by Gasteiger charge is -2.11. The first kappa shape index (κ1) is 21.2. The Balaban J connectivity index is 1.69. The summed E-state index contributed by atoms with van der Waals surface area (Å²) in [5.41, 5.74) is 4.01. The molecule has 0 radical (unpaired) electrons. The molecule has 32 heavy (non-hydrogen) atoms. The van der Waals surface area contributed by atoms with Crippen LogP contribution in [0.1, 0.15) is 28.4 Å². The summed E-state index contributed by atoms with van der Waals surface area (Å²) in [5.74, 6) is 0.552. The summed E-state index contributed by atoms with van der Waals surface area (Å²) < 4.78 is 17.1. The average Bonchev–Trinajstić information content (AvgIpc) is 3.25. The number of aromatic hydroxyl groups is 1. The smallest absolute Gasteiger partial charge is 0.345 e. The van der Waals surface area contributed by atoms with Crippen molar-refractivity contribution in [1.29, 1.82) is 0 Å². The Morgan fingerprint density at radius 3 is 2.69 bits per heavy atom. The molecule has 0 amide bonds. The lowest BCUT2D eigenvalue weighted by atomic mass is 10.00. The molecular weight excluding hydrogens is 410 g/mol. The van der Waals surface area contributed by atoms with Gasteiger partial charge in [0.05, 0.1) is 27.0 Å². The van der Waals surface area contributed by atoms with Gasteiger partial charge < -0.3 is 19.3 Å². The maximum absolute atomic E-state index is 12.0. The highest BCUT2D eigenvalue weighted by Gasteiger charge is 2.20. The second-order valence-corrected chi connectivity index (χ2v) is 7.06. The molecule has 8 nitrogen and oxygen atoms in total. The zero-order valence-electron chi connectivity index (χ0n) is 18.0. The van der Waals surface area contributed by atoms with Crippen LogP contribution in [0.3, 0.4) is 0 Å². The minimum absolute atomic E-state index is 0.0415. The van der Waals surface area contributed by atoms with Crippen LogP contribution in [0.25, 0.3) is 16.8 Å². The molecule has 8 heteroatoms. The van der Waals surface area contributed by atoms with E-state index in [-0.39, 0.29) is 18.1 Å². The van der Waals surface area contributed by atoms with Gasteiger partial charge in [0.1, 0.15) is 17.1 Å². The molecule has 1 N–H and O–H groups in total. The van der Waals surface area contributed by atoms with Crippen molar-refractivity contribution in [3.63, 3.8) is 0 Å². The predicted octanol–water partition coefficient (Wildman–Crippen LogP) is 3.89. The van der Waals surface area contributed by atoms with E-state index in [2.05, 4.69) is 10.1 Å². The number of rotatable bonds is 7. The molecule has 2 aromatic carbocycles. The van der Waals surface area contributed by atoms with Crippen LogP contribution in [0.5, 0.6) is 17.4 Å². The minimum Gasteiger partial charge on any atom is -0.497 e. The van der Waals surface area contributed by atoms with Crippen molar-refractivity contribution in [3.05, 3.63) is 71.5 Å². The van der Waals surface area contributed by atoms with Gasteiger partial charge in [-0.2, -0.15) is 9.61 Å². The Morgan fingerprint density at radius 1 is 1.09 bits per heavy atom. The molecule has 0 aliphatic heterocycles. The first-order chi connectivity index (χ1) is 15.5. The molecule has 2 heterocycles. The number of carbonyl (C=O) groups is 1. The lowest BCUT2D eigenvalue weighted by Crippen LogP contribution is -2.08. The zero-order valence-corrected chi connectivity index (χ0v) is 18.0. The number of aromatic nitrogens is 3. The van der Waals surface area contributed by atoms with E-state index >= 15 is 0 Å². The molecule has 0 atom stereocenters. The third-order valence-corrected chi connectivity index (χ3v) is 5.12. The molecule has 2 aromatic heterocycles. The second-order valence-electron chi connectivity index (χ2n) is 7.06. The Labute approximate surface area is 185 Å². The van der Waals surface area contributed by atoms with E-state index in [0.717, 1.165) is 28.2 Å². The highest BCUT2D eigenvalue weighted by Crippen LogP contribution is 2.32. The van der Waals surface area contributed by atoms with E-state index in [9.17, 15) is 9.90 Å². The second kappa shape index (κ2) is 8.97. The Bertz CT molecular complexity index is 1280. The first-order valence-corrected chi connectivity index (χ1v) is 10.1. The quantitative estimate of drug-likeness (QED) is 0.442. The van der Waals surface area contributed by atoms with E-state index < -0.39 is 5.97 Å². The van der Waals surface area contributed by atoms with Gasteiger partial charge in [0.15, 0.2) is 5.65 Å². The number of hydrogen-bond acceptors (Lipinski definition) is 7. The first-order valence-electron chi connectivity index (χ1n) is 10.1. The van der Waals surface area contributed by atoms with Crippen molar-refractivity contribution in [1.82, 2.24) is 14.6 Å². The van der Waals surface area contributed by atoms with Gasteiger partial charge in [0.25, 0.3) is 0 Å². The van der Waals surface area contributed by atoms with Crippen molar-refractivity contribution in [2.75, 3.05) is 20.8 Å². The van der Waals surface area contributed by atoms with Crippen molar-refractivity contribution in [3.8, 4) is 28.5 Å². The molecule has 0 unspecified atom stereocenters. The third-order valence-electron chi connectivity index (χ3n) is 5.12. The standard InChI is InChI=1S/C24H23N3O5/c1-4-32-24(29)20-13-25-22-19(14-26-27(22)23(20)28)16-8-9-17(21(12-16)31-3)10-15-6-5-7-18(11-15)30-2/h5-9,11-14,28H,4,10H2,1-3H3. The molecule has 0 saturated heterocycles. The highest BCUT2D eigenvalue weighted by molar-refractivity contribution is 5.92. The average molecular weight is 433 g/mol. The number of hydrogen-bond donors (Lipinski definition) is 1. The van der Waals surface area contributed by atoms with Crippen molar-refractivity contribution in [2.24, 2.45) is 0 Å². The summed E-state index contributed by atoms with van der Waals surface area (Å²) in [7, 11) is 3.27. The van der Waals surface area contributed by atoms with Crippen LogP contribution in [0.4, 0.5) is 0 Å². The number of fused-ring (bicyclic) bond motifs is 1. The normalized spacial score (nSPS) is 10.8. The number of benzene rings is 2. The highest BCUT2D eigenvalue weighted by atomic mass is 16.5. The van der Waals surface area contributed by atoms with E-state index in [0.29, 0.717) is 17.6 Å². The monoisotopic (exact) mass is 433 g/mol. The zero-order chi connectivity index (χ0) is 22.7. The van der Waals surface area contributed by atoms with Crippen LogP contribution < -0.4 is 9.47 Å². The van der Waals surface area contributed by atoms with Gasteiger partial charge >= 0.3 is 5.97 Å². The molecule has 0 aliphatic carbocycles. The SMILES string of the molecule is CCOC(=O)c1cnc2c(-c3ccc(Cc4cccc(OC)c4)c(OC)c3)cnn2c1O. The molecule has 0 aliphatic rings. The molecule has 0 spiro atoms. The van der Waals surface area contributed by atoms with E-state index in [1.807, 2.05) is 42.5 Å². The summed E-state index contributed by atoms with van der Waals surface area (Å²) in [6, 6.07) is 13.7. The molecule has 4 aromatic rings. The summed E-state index contributed by atoms with van der Waals surface area (Å²) >= 11 is 0. The summed E-state index contributed by atoms with van der Waals surface area (Å²) in [4.78, 5) is 16.3. The van der Waals surface area contributed by atoms with Gasteiger partial charge in [0, 0.05) is 18.2 Å². The van der Waals surface area contributed by atoms with E-state index in [4.69, 9.17) is 14.2 Å². The molecule has 0 bridgehead atoms. The van der Waals surface area contributed by atoms with Crippen LogP contribution in [-0.4, -0.2) is 46.5 Å². The van der Waals surface area contributed by atoms with Gasteiger partial charge in [0.2, 0.25) is 5.88 Å². The maximum Gasteiger partial charge on any atom is 0.345 e. The maximum atomic E-state index is 12.0. The fraction of sp³-hybridized carbons (Fsp3) is 0.208. The Hall–Kier alpha value is -4.07. The van der Waals surface area contributed by atoms with E-state index in [1.165, 1.54) is 10.7 Å². The van der Waals surface area contributed by atoms with Crippen molar-refractivity contribution < 1.29 is 24.1 Å². The van der Waals surface area contributed by atoms with Gasteiger partial charge in [-0.3, -0.25) is 0 Å². The third kappa shape index (κ3) is 3.94. The van der Waals surface area contributed by atoms with Crippen LogP contribution in [0.2, 0.25) is 0 Å². The Morgan fingerprint density at radius 2 is 1.94 bits per heavy atom. The predicted molar refractivity (Wildman–Crippen MR) is 118 cm³/mol. The largest absolute Gasteiger partial charge is 0.497 e. The van der Waals surface area contributed by atoms with Crippen LogP contribution in [0.15, 0.2) is 54.9 Å². The fourth-order valence-electron chi connectivity index (χ4n) is 3.54. The summed E-state index contributed by atoms with van der Waals surface area (Å²) in [5, 5.41) is 14.7. The molecule has 0 fully saturated rings. The van der Waals surface area contributed by atoms with Crippen LogP contribution in [-0.2, 0) is 11.2 Å². The van der Waals surface area contributed by atoms with Gasteiger partial charge in [-0.05, 0) is 41.8 Å². The molecule has 4 rings (SSSR count). The summed E-state index contributed by atoms with van der Waals surface area (Å²) in [6.45, 7) is 1.89. The van der Waals surface area contributed by atoms with Crippen molar-refractivity contribution >= 4 is 11.6 Å². The number of ether oxygens (including phenoxy) is 3. The van der Waals surface area contributed by atoms with Crippen LogP contribution in [0, 0.1) is 0 Å². The van der Waals surface area contributed by atoms with Crippen LogP contribution >= 0.6 is 0 Å². The fourth-order valence-corrected chi connectivity index (χ4v) is 3.54. The van der Waals surface area contributed by atoms with Gasteiger partial charge in [-0.15, -0.1) is 0 Å². The molecular formula is C24H23N3O5. The number of esters is 1. The van der Waals surface area contributed by atoms with E-state index in [1.54, 1.807) is 27.3 Å². The molecule has 164 valence electrons. The molecule has 0 saturated carbocycles.